The van der Waals surface area contributed by atoms with Gasteiger partial charge in [-0.2, -0.15) is 0 Å². The summed E-state index contributed by atoms with van der Waals surface area (Å²) in [5, 5.41) is 0. The van der Waals surface area contributed by atoms with Crippen LogP contribution in [0.3, 0.4) is 0 Å². The third-order valence-electron chi connectivity index (χ3n) is 3.67. The summed E-state index contributed by atoms with van der Waals surface area (Å²) in [6, 6.07) is 20.6. The molecule has 3 rings (SSSR count). The van der Waals surface area contributed by atoms with Gasteiger partial charge in [-0.05, 0) is 43.2 Å². The van der Waals surface area contributed by atoms with Crippen LogP contribution in [0.5, 0.6) is 0 Å². The number of benzene rings is 2. The van der Waals surface area contributed by atoms with Crippen molar-refractivity contribution < 1.29 is 0 Å². The van der Waals surface area contributed by atoms with Crippen molar-refractivity contribution in [3.05, 3.63) is 71.9 Å². The molecule has 0 unspecified atom stereocenters. The summed E-state index contributed by atoms with van der Waals surface area (Å²) in [4.78, 5) is 6.91. The van der Waals surface area contributed by atoms with Crippen LogP contribution in [0.1, 0.15) is 13.3 Å². The van der Waals surface area contributed by atoms with Crippen molar-refractivity contribution in [3.63, 3.8) is 0 Å². The van der Waals surface area contributed by atoms with Crippen LogP contribution >= 0.6 is 0 Å². The van der Waals surface area contributed by atoms with Crippen molar-refractivity contribution in [1.29, 1.82) is 0 Å². The minimum Gasteiger partial charge on any atom is -0.345 e. The Labute approximate surface area is 120 Å². The van der Waals surface area contributed by atoms with Gasteiger partial charge in [0.1, 0.15) is 0 Å². The van der Waals surface area contributed by atoms with Gasteiger partial charge in [-0.3, -0.25) is 4.99 Å². The molecule has 0 atom stereocenters. The van der Waals surface area contributed by atoms with Crippen molar-refractivity contribution in [1.82, 2.24) is 0 Å². The van der Waals surface area contributed by atoms with Gasteiger partial charge in [0.15, 0.2) is 0 Å². The molecule has 0 aliphatic carbocycles. The molecule has 20 heavy (non-hydrogen) atoms. The molecule has 0 spiro atoms. The van der Waals surface area contributed by atoms with Crippen LogP contribution < -0.4 is 4.90 Å². The Balaban J connectivity index is 1.81. The fourth-order valence-corrected chi connectivity index (χ4v) is 2.51. The van der Waals surface area contributed by atoms with E-state index < -0.39 is 0 Å². The predicted octanol–water partition coefficient (Wildman–Crippen LogP) is 4.57. The topological polar surface area (TPSA) is 15.6 Å². The Kier molecular flexibility index (Phi) is 3.64. The van der Waals surface area contributed by atoms with E-state index in [4.69, 9.17) is 0 Å². The quantitative estimate of drug-likeness (QED) is 0.740. The van der Waals surface area contributed by atoms with Gasteiger partial charge < -0.3 is 4.90 Å². The second kappa shape index (κ2) is 5.74. The number of hydrogen-bond donors (Lipinski definition) is 0. The number of anilines is 1. The van der Waals surface area contributed by atoms with E-state index in [9.17, 15) is 0 Å². The highest BCUT2D eigenvalue weighted by Crippen LogP contribution is 2.28. The van der Waals surface area contributed by atoms with Gasteiger partial charge in [0.2, 0.25) is 0 Å². The van der Waals surface area contributed by atoms with E-state index >= 15 is 0 Å². The number of rotatable bonds is 3. The number of para-hydroxylation sites is 2. The predicted molar refractivity (Wildman–Crippen MR) is 85.7 cm³/mol. The molecule has 0 bridgehead atoms. The summed E-state index contributed by atoms with van der Waals surface area (Å²) in [6.07, 6.45) is 3.06. The SMILES string of the molecule is CC1=C(C=Nc2ccccc2)CCN1c1ccccc1. The van der Waals surface area contributed by atoms with E-state index in [0.29, 0.717) is 0 Å². The second-order valence-corrected chi connectivity index (χ2v) is 4.94. The molecular weight excluding hydrogens is 244 g/mol. The molecule has 0 fully saturated rings. The summed E-state index contributed by atoms with van der Waals surface area (Å²) < 4.78 is 0. The Morgan fingerprint density at radius 2 is 1.60 bits per heavy atom. The van der Waals surface area contributed by atoms with Crippen molar-refractivity contribution in [2.75, 3.05) is 11.4 Å². The zero-order valence-corrected chi connectivity index (χ0v) is 11.7. The molecule has 0 aromatic heterocycles. The molecule has 1 aliphatic rings. The standard InChI is InChI=1S/C18H18N2/c1-15-16(14-19-17-8-4-2-5-9-17)12-13-20(15)18-10-6-3-7-11-18/h2-11,14H,12-13H2,1H3. The molecular formula is C18H18N2. The molecule has 0 amide bonds. The van der Waals surface area contributed by atoms with Crippen LogP contribution in [0.4, 0.5) is 11.4 Å². The van der Waals surface area contributed by atoms with Gasteiger partial charge in [-0.15, -0.1) is 0 Å². The van der Waals surface area contributed by atoms with Crippen LogP contribution in [0, 0.1) is 0 Å². The summed E-state index contributed by atoms with van der Waals surface area (Å²) in [6.45, 7) is 3.21. The summed E-state index contributed by atoms with van der Waals surface area (Å²) in [5.41, 5.74) is 4.88. The van der Waals surface area contributed by atoms with Gasteiger partial charge in [0.05, 0.1) is 5.69 Å². The molecule has 100 valence electrons. The van der Waals surface area contributed by atoms with Gasteiger partial charge in [0, 0.05) is 24.1 Å². The number of hydrogen-bond acceptors (Lipinski definition) is 2. The van der Waals surface area contributed by atoms with Crippen molar-refractivity contribution >= 4 is 17.6 Å². The monoisotopic (exact) mass is 262 g/mol. The van der Waals surface area contributed by atoms with E-state index in [1.165, 1.54) is 17.0 Å². The largest absolute Gasteiger partial charge is 0.345 e. The van der Waals surface area contributed by atoms with Crippen LogP contribution in [0.2, 0.25) is 0 Å². The maximum Gasteiger partial charge on any atom is 0.0629 e. The van der Waals surface area contributed by atoms with Crippen molar-refractivity contribution in [3.8, 4) is 0 Å². The Morgan fingerprint density at radius 1 is 0.950 bits per heavy atom. The molecule has 2 aromatic rings. The van der Waals surface area contributed by atoms with E-state index in [0.717, 1.165) is 18.7 Å². The zero-order chi connectivity index (χ0) is 13.8. The number of aliphatic imine (C=N–C) groups is 1. The first-order valence-corrected chi connectivity index (χ1v) is 6.96. The minimum atomic E-state index is 1.01. The normalized spacial score (nSPS) is 15.3. The molecule has 1 heterocycles. The number of allylic oxidation sites excluding steroid dienone is 1. The lowest BCUT2D eigenvalue weighted by molar-refractivity contribution is 0.965. The highest BCUT2D eigenvalue weighted by atomic mass is 15.2. The van der Waals surface area contributed by atoms with Gasteiger partial charge in [0.25, 0.3) is 0 Å². The van der Waals surface area contributed by atoms with Crippen LogP contribution in [-0.2, 0) is 0 Å². The highest BCUT2D eigenvalue weighted by molar-refractivity contribution is 5.84. The summed E-state index contributed by atoms with van der Waals surface area (Å²) >= 11 is 0. The van der Waals surface area contributed by atoms with Crippen molar-refractivity contribution in [2.24, 2.45) is 4.99 Å². The molecule has 2 aromatic carbocycles. The third-order valence-corrected chi connectivity index (χ3v) is 3.67. The van der Waals surface area contributed by atoms with Gasteiger partial charge in [-0.25, -0.2) is 0 Å². The van der Waals surface area contributed by atoms with E-state index in [1.54, 1.807) is 0 Å². The first-order valence-electron chi connectivity index (χ1n) is 6.96. The fraction of sp³-hybridized carbons (Fsp3) is 0.167. The maximum atomic E-state index is 4.56. The molecule has 1 aliphatic heterocycles. The average molecular weight is 262 g/mol. The smallest absolute Gasteiger partial charge is 0.0629 e. The minimum absolute atomic E-state index is 1.01. The lowest BCUT2D eigenvalue weighted by Crippen LogP contribution is -2.16. The molecule has 0 saturated carbocycles. The first-order chi connectivity index (χ1) is 9.84. The lowest BCUT2D eigenvalue weighted by atomic mass is 10.2. The molecule has 2 heteroatoms. The Morgan fingerprint density at radius 3 is 2.30 bits per heavy atom. The van der Waals surface area contributed by atoms with Crippen molar-refractivity contribution in [2.45, 2.75) is 13.3 Å². The fourth-order valence-electron chi connectivity index (χ4n) is 2.51. The van der Waals surface area contributed by atoms with E-state index in [1.807, 2.05) is 36.5 Å². The molecule has 2 nitrogen and oxygen atoms in total. The molecule has 0 radical (unpaired) electrons. The van der Waals surface area contributed by atoms with Crippen LogP contribution in [-0.4, -0.2) is 12.8 Å². The zero-order valence-electron chi connectivity index (χ0n) is 11.7. The summed E-state index contributed by atoms with van der Waals surface area (Å²) in [7, 11) is 0. The first kappa shape index (κ1) is 12.7. The van der Waals surface area contributed by atoms with E-state index in [-0.39, 0.29) is 0 Å². The third kappa shape index (κ3) is 2.64. The van der Waals surface area contributed by atoms with Gasteiger partial charge in [-0.1, -0.05) is 36.4 Å². The van der Waals surface area contributed by atoms with Gasteiger partial charge >= 0.3 is 0 Å². The molecule has 0 saturated heterocycles. The van der Waals surface area contributed by atoms with E-state index in [2.05, 4.69) is 47.1 Å². The Bertz CT molecular complexity index is 627. The highest BCUT2D eigenvalue weighted by Gasteiger charge is 2.18. The molecule has 0 N–H and O–H groups in total. The Hall–Kier alpha value is -2.35. The average Bonchev–Trinajstić information content (AvgIpc) is 2.88. The maximum absolute atomic E-state index is 4.56. The van der Waals surface area contributed by atoms with Crippen LogP contribution in [0.15, 0.2) is 76.9 Å². The lowest BCUT2D eigenvalue weighted by Gasteiger charge is -2.19. The summed E-state index contributed by atoms with van der Waals surface area (Å²) in [5.74, 6) is 0. The second-order valence-electron chi connectivity index (χ2n) is 4.94. The number of nitrogens with zero attached hydrogens (tertiary/aromatic N) is 2. The van der Waals surface area contributed by atoms with Crippen LogP contribution in [0.25, 0.3) is 0 Å².